The number of carbonyl (C=O) groups excluding carboxylic acids is 1. The molecule has 12 heteroatoms. The molecule has 34 heavy (non-hydrogen) atoms. The number of nitrogens with zero attached hydrogens (tertiary/aromatic N) is 5. The molecule has 11 nitrogen and oxygen atoms in total. The van der Waals surface area contributed by atoms with E-state index in [1.54, 1.807) is 13.0 Å². The minimum absolute atomic E-state index is 0.0689. The molecule has 0 aliphatic carbocycles. The first-order chi connectivity index (χ1) is 16.3. The lowest BCUT2D eigenvalue weighted by atomic mass is 10.1. The van der Waals surface area contributed by atoms with Gasteiger partial charge in [-0.05, 0) is 41.8 Å². The number of hydrogen-bond donors (Lipinski definition) is 1. The number of rotatable bonds is 8. The van der Waals surface area contributed by atoms with Crippen LogP contribution in [0.4, 0.5) is 11.4 Å². The van der Waals surface area contributed by atoms with E-state index in [0.29, 0.717) is 21.3 Å². The molecule has 2 heterocycles. The summed E-state index contributed by atoms with van der Waals surface area (Å²) in [5, 5.41) is 24.6. The minimum atomic E-state index is -0.607. The Morgan fingerprint density at radius 1 is 1.41 bits per heavy atom. The molecule has 0 radical (unpaired) electrons. The molecule has 3 rings (SSSR count). The lowest BCUT2D eigenvalue weighted by Gasteiger charge is -2.19. The lowest BCUT2D eigenvalue weighted by molar-refractivity contribution is -0.384. The van der Waals surface area contributed by atoms with Crippen LogP contribution in [-0.4, -0.2) is 41.8 Å². The van der Waals surface area contributed by atoms with Gasteiger partial charge in [-0.25, -0.2) is 5.43 Å². The van der Waals surface area contributed by atoms with Gasteiger partial charge in [0.2, 0.25) is 0 Å². The van der Waals surface area contributed by atoms with Crippen molar-refractivity contribution in [1.29, 1.82) is 5.26 Å². The zero-order valence-electron chi connectivity index (χ0n) is 18.7. The fraction of sp³-hybridized carbons (Fsp3) is 0.364. The van der Waals surface area contributed by atoms with E-state index in [0.717, 1.165) is 31.6 Å². The van der Waals surface area contributed by atoms with Gasteiger partial charge >= 0.3 is 0 Å². The van der Waals surface area contributed by atoms with Gasteiger partial charge in [0.25, 0.3) is 17.2 Å². The van der Waals surface area contributed by atoms with Crippen LogP contribution in [0.1, 0.15) is 35.2 Å². The van der Waals surface area contributed by atoms with Crippen LogP contribution in [0.2, 0.25) is 0 Å². The van der Waals surface area contributed by atoms with Crippen molar-refractivity contribution in [2.45, 2.75) is 32.9 Å². The zero-order chi connectivity index (χ0) is 24.8. The SMILES string of the molecule is COCc1c(Br)c(C)n(CC(=O)N/N=C/c2cc([N+](=O)[O-])ccc2N2CCCC2)c(=O)c1C#N. The summed E-state index contributed by atoms with van der Waals surface area (Å²) in [4.78, 5) is 38.1. The third-order valence-corrected chi connectivity index (χ3v) is 6.56. The number of halogens is 1. The lowest BCUT2D eigenvalue weighted by Crippen LogP contribution is -2.33. The van der Waals surface area contributed by atoms with Crippen molar-refractivity contribution in [3.05, 3.63) is 65.5 Å². The molecule has 1 aromatic heterocycles. The van der Waals surface area contributed by atoms with Crippen molar-refractivity contribution < 1.29 is 14.5 Å². The van der Waals surface area contributed by atoms with Crippen molar-refractivity contribution in [1.82, 2.24) is 9.99 Å². The van der Waals surface area contributed by atoms with E-state index in [-0.39, 0.29) is 24.4 Å². The zero-order valence-corrected chi connectivity index (χ0v) is 20.3. The fourth-order valence-corrected chi connectivity index (χ4v) is 4.33. The molecule has 1 fully saturated rings. The molecule has 178 valence electrons. The van der Waals surface area contributed by atoms with E-state index in [1.807, 2.05) is 6.07 Å². The average molecular weight is 531 g/mol. The highest BCUT2D eigenvalue weighted by molar-refractivity contribution is 9.10. The number of anilines is 1. The number of aromatic nitrogens is 1. The Balaban J connectivity index is 1.82. The molecule has 1 amide bonds. The van der Waals surface area contributed by atoms with E-state index in [1.165, 1.54) is 30.0 Å². The molecule has 2 aromatic rings. The van der Waals surface area contributed by atoms with Gasteiger partial charge in [-0.2, -0.15) is 10.4 Å². The van der Waals surface area contributed by atoms with E-state index < -0.39 is 16.4 Å². The highest BCUT2D eigenvalue weighted by Gasteiger charge is 2.20. The second-order valence-electron chi connectivity index (χ2n) is 7.68. The normalized spacial score (nSPS) is 13.3. The quantitative estimate of drug-likeness (QED) is 0.313. The number of carbonyl (C=O) groups is 1. The number of non-ortho nitro benzene ring substituents is 1. The minimum Gasteiger partial charge on any atom is -0.380 e. The van der Waals surface area contributed by atoms with Crippen LogP contribution in [0.5, 0.6) is 0 Å². The molecule has 0 unspecified atom stereocenters. The Hall–Kier alpha value is -3.56. The predicted molar refractivity (Wildman–Crippen MR) is 129 cm³/mol. The Morgan fingerprint density at radius 3 is 2.74 bits per heavy atom. The fourth-order valence-electron chi connectivity index (χ4n) is 3.81. The maximum absolute atomic E-state index is 12.8. The number of methoxy groups -OCH3 is 1. The van der Waals surface area contributed by atoms with Gasteiger partial charge < -0.3 is 14.2 Å². The van der Waals surface area contributed by atoms with E-state index >= 15 is 0 Å². The van der Waals surface area contributed by atoms with Crippen molar-refractivity contribution in [3.63, 3.8) is 0 Å². The average Bonchev–Trinajstić information content (AvgIpc) is 3.35. The van der Waals surface area contributed by atoms with Gasteiger partial charge in [0.1, 0.15) is 18.2 Å². The number of amides is 1. The van der Waals surface area contributed by atoms with Crippen LogP contribution in [0, 0.1) is 28.4 Å². The second kappa shape index (κ2) is 11.0. The Kier molecular flexibility index (Phi) is 8.14. The Bertz CT molecular complexity index is 1240. The van der Waals surface area contributed by atoms with Gasteiger partial charge in [0.15, 0.2) is 0 Å². The molecule has 1 aromatic carbocycles. The molecule has 1 aliphatic rings. The monoisotopic (exact) mass is 530 g/mol. The van der Waals surface area contributed by atoms with Crippen LogP contribution in [0.25, 0.3) is 0 Å². The number of pyridine rings is 1. The Labute approximate surface area is 203 Å². The maximum atomic E-state index is 12.8. The predicted octanol–water partition coefficient (Wildman–Crippen LogP) is 2.60. The molecular formula is C22H23BrN6O5. The van der Waals surface area contributed by atoms with Crippen LogP contribution >= 0.6 is 15.9 Å². The molecule has 1 N–H and O–H groups in total. The number of hydrazone groups is 1. The van der Waals surface area contributed by atoms with Crippen LogP contribution in [0.3, 0.4) is 0 Å². The summed E-state index contributed by atoms with van der Waals surface area (Å²) in [7, 11) is 1.45. The van der Waals surface area contributed by atoms with Crippen LogP contribution in [0.15, 0.2) is 32.6 Å². The van der Waals surface area contributed by atoms with E-state index in [2.05, 4.69) is 31.4 Å². The summed E-state index contributed by atoms with van der Waals surface area (Å²) in [6.45, 7) is 3.02. The summed E-state index contributed by atoms with van der Waals surface area (Å²) in [5.74, 6) is -0.593. The molecule has 0 atom stereocenters. The topological polar surface area (TPSA) is 143 Å². The smallest absolute Gasteiger partial charge is 0.270 e. The van der Waals surface area contributed by atoms with Crippen molar-refractivity contribution >= 4 is 39.4 Å². The van der Waals surface area contributed by atoms with Gasteiger partial charge in [-0.15, -0.1) is 0 Å². The van der Waals surface area contributed by atoms with Crippen molar-refractivity contribution in [2.24, 2.45) is 5.10 Å². The molecule has 1 saturated heterocycles. The molecule has 1 aliphatic heterocycles. The van der Waals surface area contributed by atoms with Crippen molar-refractivity contribution in [3.8, 4) is 6.07 Å². The van der Waals surface area contributed by atoms with Crippen LogP contribution in [-0.2, 0) is 22.7 Å². The van der Waals surface area contributed by atoms with E-state index in [9.17, 15) is 25.0 Å². The Morgan fingerprint density at radius 2 is 2.12 bits per heavy atom. The van der Waals surface area contributed by atoms with Gasteiger partial charge in [-0.3, -0.25) is 19.7 Å². The number of benzene rings is 1. The van der Waals surface area contributed by atoms with E-state index in [4.69, 9.17) is 4.74 Å². The first-order valence-corrected chi connectivity index (χ1v) is 11.2. The largest absolute Gasteiger partial charge is 0.380 e. The highest BCUT2D eigenvalue weighted by atomic mass is 79.9. The number of hydrogen-bond acceptors (Lipinski definition) is 8. The maximum Gasteiger partial charge on any atom is 0.270 e. The molecular weight excluding hydrogens is 508 g/mol. The summed E-state index contributed by atoms with van der Waals surface area (Å²) in [6.07, 6.45) is 3.41. The van der Waals surface area contributed by atoms with Gasteiger partial charge in [-0.1, -0.05) is 0 Å². The summed E-state index contributed by atoms with van der Waals surface area (Å²) in [5.41, 5.74) is 3.74. The third kappa shape index (κ3) is 5.32. The van der Waals surface area contributed by atoms with Crippen molar-refractivity contribution in [2.75, 3.05) is 25.1 Å². The summed E-state index contributed by atoms with van der Waals surface area (Å²) in [6, 6.07) is 6.40. The highest BCUT2D eigenvalue weighted by Crippen LogP contribution is 2.27. The number of nitro groups is 1. The standard InChI is InChI=1S/C22H23BrN6O5/c1-14-21(23)18(13-34-2)17(10-24)22(31)28(14)12-20(30)26-25-11-15-9-16(29(32)33)5-6-19(15)27-7-3-4-8-27/h5-6,9,11H,3-4,7-8,12-13H2,1-2H3,(H,26,30)/b25-11+. The molecule has 0 bridgehead atoms. The van der Waals surface area contributed by atoms with Gasteiger partial charge in [0.05, 0.1) is 17.7 Å². The summed E-state index contributed by atoms with van der Waals surface area (Å²) >= 11 is 3.38. The number of nitriles is 1. The third-order valence-electron chi connectivity index (χ3n) is 5.51. The first kappa shape index (κ1) is 25.1. The summed E-state index contributed by atoms with van der Waals surface area (Å²) < 4.78 is 6.76. The number of nitrogens with one attached hydrogen (secondary N) is 1. The van der Waals surface area contributed by atoms with Gasteiger partial charge in [0, 0.05) is 59.3 Å². The number of ether oxygens (including phenoxy) is 1. The second-order valence-corrected chi connectivity index (χ2v) is 8.47. The number of nitro benzene ring substituents is 1. The molecule has 0 saturated carbocycles. The van der Waals surface area contributed by atoms with Crippen LogP contribution < -0.4 is 15.9 Å². The molecule has 0 spiro atoms. The first-order valence-electron chi connectivity index (χ1n) is 10.4.